The minimum Gasteiger partial charge on any atom is -0.312 e. The largest absolute Gasteiger partial charge is 0.312 e. The summed E-state index contributed by atoms with van der Waals surface area (Å²) in [6, 6.07) is 7.44. The van der Waals surface area contributed by atoms with Crippen molar-refractivity contribution in [3.63, 3.8) is 0 Å². The van der Waals surface area contributed by atoms with Gasteiger partial charge in [0, 0.05) is 18.6 Å². The van der Waals surface area contributed by atoms with E-state index in [4.69, 9.17) is 0 Å². The van der Waals surface area contributed by atoms with Crippen LogP contribution in [0.5, 0.6) is 0 Å². The monoisotopic (exact) mass is 265 g/mol. The van der Waals surface area contributed by atoms with Gasteiger partial charge in [-0.2, -0.15) is 0 Å². The van der Waals surface area contributed by atoms with E-state index in [2.05, 4.69) is 29.2 Å². The summed E-state index contributed by atoms with van der Waals surface area (Å²) in [5, 5.41) is 3.36. The zero-order chi connectivity index (χ0) is 13.8. The molecule has 2 rings (SSSR count). The first-order chi connectivity index (χ1) is 9.11. The highest BCUT2D eigenvalue weighted by molar-refractivity contribution is 5.22. The van der Waals surface area contributed by atoms with Gasteiger partial charge in [0.15, 0.2) is 0 Å². The Balaban J connectivity index is 2.24. The van der Waals surface area contributed by atoms with Gasteiger partial charge in [0.05, 0.1) is 0 Å². The normalized spacial score (nSPS) is 24.1. The number of likely N-dealkylation sites (N-methyl/N-ethyl adjacent to an activating group) is 3. The second-order valence-electron chi connectivity index (χ2n) is 5.49. The maximum atomic E-state index is 13.4. The smallest absolute Gasteiger partial charge is 0.123 e. The molecule has 0 radical (unpaired) electrons. The fraction of sp³-hybridized carbons (Fsp3) is 0.600. The van der Waals surface area contributed by atoms with Crippen LogP contribution in [-0.2, 0) is 0 Å². The minimum atomic E-state index is -0.164. The highest BCUT2D eigenvalue weighted by Gasteiger charge is 2.28. The third kappa shape index (κ3) is 3.53. The lowest BCUT2D eigenvalue weighted by atomic mass is 9.98. The van der Waals surface area contributed by atoms with Crippen molar-refractivity contribution in [2.24, 2.45) is 0 Å². The second kappa shape index (κ2) is 6.46. The average molecular weight is 265 g/mol. The first-order valence-electron chi connectivity index (χ1n) is 6.93. The van der Waals surface area contributed by atoms with Gasteiger partial charge in [-0.3, -0.25) is 0 Å². The van der Waals surface area contributed by atoms with E-state index in [-0.39, 0.29) is 11.9 Å². The minimum absolute atomic E-state index is 0.154. The number of benzene rings is 1. The Morgan fingerprint density at radius 1 is 1.32 bits per heavy atom. The molecule has 1 fully saturated rings. The maximum absolute atomic E-state index is 13.4. The predicted octanol–water partition coefficient (Wildman–Crippen LogP) is 1.72. The van der Waals surface area contributed by atoms with Crippen LogP contribution in [0.15, 0.2) is 24.3 Å². The molecule has 0 amide bonds. The molecule has 3 nitrogen and oxygen atoms in total. The van der Waals surface area contributed by atoms with Crippen molar-refractivity contribution >= 4 is 0 Å². The van der Waals surface area contributed by atoms with Crippen LogP contribution in [-0.4, -0.2) is 56.6 Å². The lowest BCUT2D eigenvalue weighted by Gasteiger charge is -2.34. The van der Waals surface area contributed by atoms with Gasteiger partial charge in [0.2, 0.25) is 0 Å². The molecule has 1 heterocycles. The second-order valence-corrected chi connectivity index (χ2v) is 5.49. The molecule has 1 N–H and O–H groups in total. The van der Waals surface area contributed by atoms with E-state index in [1.807, 2.05) is 13.1 Å². The summed E-state index contributed by atoms with van der Waals surface area (Å²) in [4.78, 5) is 4.74. The summed E-state index contributed by atoms with van der Waals surface area (Å²) in [5.41, 5.74) is 1.02. The summed E-state index contributed by atoms with van der Waals surface area (Å²) in [6.07, 6.45) is 1.18. The lowest BCUT2D eigenvalue weighted by Crippen LogP contribution is -2.46. The summed E-state index contributed by atoms with van der Waals surface area (Å²) in [7, 11) is 6.27. The molecule has 0 aliphatic carbocycles. The third-order valence-electron chi connectivity index (χ3n) is 4.02. The van der Waals surface area contributed by atoms with Crippen LogP contribution in [0.2, 0.25) is 0 Å². The molecule has 0 spiro atoms. The Bertz CT molecular complexity index is 410. The maximum Gasteiger partial charge on any atom is 0.123 e. The molecule has 1 saturated heterocycles. The highest BCUT2D eigenvalue weighted by atomic mass is 19.1. The molecular weight excluding hydrogens is 241 g/mol. The van der Waals surface area contributed by atoms with Gasteiger partial charge in [-0.15, -0.1) is 0 Å². The Kier molecular flexibility index (Phi) is 4.91. The molecule has 0 saturated carbocycles. The number of hydrogen-bond acceptors (Lipinski definition) is 3. The molecule has 106 valence electrons. The first-order valence-corrected chi connectivity index (χ1v) is 6.93. The number of nitrogens with one attached hydrogen (secondary N) is 1. The molecule has 1 aromatic carbocycles. The van der Waals surface area contributed by atoms with Crippen molar-refractivity contribution in [2.45, 2.75) is 18.5 Å². The van der Waals surface area contributed by atoms with E-state index >= 15 is 0 Å². The van der Waals surface area contributed by atoms with Crippen molar-refractivity contribution in [1.82, 2.24) is 15.1 Å². The van der Waals surface area contributed by atoms with E-state index in [1.165, 1.54) is 12.5 Å². The van der Waals surface area contributed by atoms with Gasteiger partial charge >= 0.3 is 0 Å². The van der Waals surface area contributed by atoms with Crippen LogP contribution < -0.4 is 5.32 Å². The van der Waals surface area contributed by atoms with Crippen LogP contribution in [0.25, 0.3) is 0 Å². The highest BCUT2D eigenvalue weighted by Crippen LogP contribution is 2.23. The third-order valence-corrected chi connectivity index (χ3v) is 4.02. The van der Waals surface area contributed by atoms with E-state index in [1.54, 1.807) is 12.1 Å². The zero-order valence-corrected chi connectivity index (χ0v) is 12.1. The molecule has 2 unspecified atom stereocenters. The molecule has 2 atom stereocenters. The Morgan fingerprint density at radius 3 is 2.79 bits per heavy atom. The molecular formula is C15H24FN3. The van der Waals surface area contributed by atoms with Crippen molar-refractivity contribution in [3.05, 3.63) is 35.6 Å². The van der Waals surface area contributed by atoms with Gasteiger partial charge < -0.3 is 15.1 Å². The van der Waals surface area contributed by atoms with Gasteiger partial charge in [-0.1, -0.05) is 12.1 Å². The fourth-order valence-corrected chi connectivity index (χ4v) is 2.95. The molecule has 19 heavy (non-hydrogen) atoms. The van der Waals surface area contributed by atoms with Crippen molar-refractivity contribution < 1.29 is 4.39 Å². The van der Waals surface area contributed by atoms with Gasteiger partial charge in [-0.05, 0) is 58.3 Å². The molecule has 0 bridgehead atoms. The van der Waals surface area contributed by atoms with E-state index in [9.17, 15) is 4.39 Å². The Morgan fingerprint density at radius 2 is 2.11 bits per heavy atom. The predicted molar refractivity (Wildman–Crippen MR) is 76.7 cm³/mol. The number of halogens is 1. The first kappa shape index (κ1) is 14.4. The van der Waals surface area contributed by atoms with Crippen molar-refractivity contribution in [1.29, 1.82) is 0 Å². The number of nitrogens with zero attached hydrogens (tertiary/aromatic N) is 2. The molecule has 4 heteroatoms. The zero-order valence-electron chi connectivity index (χ0n) is 12.1. The van der Waals surface area contributed by atoms with Crippen molar-refractivity contribution in [2.75, 3.05) is 40.8 Å². The summed E-state index contributed by atoms with van der Waals surface area (Å²) in [5.74, 6) is -0.164. The topological polar surface area (TPSA) is 18.5 Å². The van der Waals surface area contributed by atoms with E-state index < -0.39 is 0 Å². The standard InChI is InChI=1S/C15H24FN3/c1-17-15(12-6-4-7-13(16)10-12)14-11-18(2)8-5-9-19(14)3/h4,6-7,10,14-15,17H,5,8-9,11H2,1-3H3. The van der Waals surface area contributed by atoms with Crippen LogP contribution in [0.4, 0.5) is 4.39 Å². The van der Waals surface area contributed by atoms with Gasteiger partial charge in [-0.25, -0.2) is 4.39 Å². The van der Waals surface area contributed by atoms with E-state index in [0.29, 0.717) is 6.04 Å². The lowest BCUT2D eigenvalue weighted by molar-refractivity contribution is 0.182. The summed E-state index contributed by atoms with van der Waals surface area (Å²) in [6.45, 7) is 3.21. The molecule has 0 aromatic heterocycles. The van der Waals surface area contributed by atoms with Gasteiger partial charge in [0.1, 0.15) is 5.82 Å². The van der Waals surface area contributed by atoms with Crippen LogP contribution in [0, 0.1) is 5.82 Å². The van der Waals surface area contributed by atoms with Gasteiger partial charge in [0.25, 0.3) is 0 Å². The number of hydrogen-bond donors (Lipinski definition) is 1. The quantitative estimate of drug-likeness (QED) is 0.898. The SMILES string of the molecule is CNC(c1cccc(F)c1)C1CN(C)CCCN1C. The molecule has 1 aromatic rings. The van der Waals surface area contributed by atoms with Crippen LogP contribution in [0.3, 0.4) is 0 Å². The molecule has 1 aliphatic rings. The van der Waals surface area contributed by atoms with Crippen molar-refractivity contribution in [3.8, 4) is 0 Å². The molecule has 1 aliphatic heterocycles. The Labute approximate surface area is 115 Å². The Hall–Kier alpha value is -0.970. The number of rotatable bonds is 3. The fourth-order valence-electron chi connectivity index (χ4n) is 2.95. The summed E-state index contributed by atoms with van der Waals surface area (Å²) >= 11 is 0. The average Bonchev–Trinajstić information content (AvgIpc) is 2.53. The summed E-state index contributed by atoms with van der Waals surface area (Å²) < 4.78 is 13.4. The van der Waals surface area contributed by atoms with Crippen LogP contribution in [0.1, 0.15) is 18.0 Å². The van der Waals surface area contributed by atoms with Crippen LogP contribution >= 0.6 is 0 Å². The van der Waals surface area contributed by atoms with E-state index in [0.717, 1.165) is 25.2 Å².